The molecule has 1 aromatic rings. The lowest BCUT2D eigenvalue weighted by Crippen LogP contribution is -2.52. The highest BCUT2D eigenvalue weighted by molar-refractivity contribution is 6.29. The number of piperidine rings is 1. The number of aromatic nitrogens is 1. The van der Waals surface area contributed by atoms with Crippen molar-refractivity contribution in [2.24, 2.45) is 11.8 Å². The standard InChI is InChI=1S/C17H25ClN2O2/c1-11-9-10-20(15-6-4-3-5-13(11)15)16(21)8-7-14-12(2)19-22-17(14)18/h11,13,15H,3-10H2,1-2H3/t11-,13+,15-/m0/s1. The Morgan fingerprint density at radius 1 is 1.36 bits per heavy atom. The SMILES string of the molecule is Cc1noc(Cl)c1CCC(=O)N1CC[C@H](C)[C@H]2CCCC[C@@H]21. The normalized spacial score (nSPS) is 28.5. The van der Waals surface area contributed by atoms with Crippen LogP contribution in [0.4, 0.5) is 0 Å². The summed E-state index contributed by atoms with van der Waals surface area (Å²) in [7, 11) is 0. The lowest BCUT2D eigenvalue weighted by atomic mass is 9.72. The first-order valence-corrected chi connectivity index (χ1v) is 8.86. The maximum absolute atomic E-state index is 12.7. The first-order valence-electron chi connectivity index (χ1n) is 8.48. The highest BCUT2D eigenvalue weighted by atomic mass is 35.5. The number of hydrogen-bond acceptors (Lipinski definition) is 3. The summed E-state index contributed by atoms with van der Waals surface area (Å²) in [5.74, 6) is 1.72. The molecule has 1 amide bonds. The molecule has 3 rings (SSSR count). The number of aryl methyl sites for hydroxylation is 1. The van der Waals surface area contributed by atoms with Gasteiger partial charge in [0.1, 0.15) is 0 Å². The zero-order valence-corrected chi connectivity index (χ0v) is 14.2. The number of amides is 1. The van der Waals surface area contributed by atoms with Crippen LogP contribution in [0.2, 0.25) is 5.22 Å². The van der Waals surface area contributed by atoms with Gasteiger partial charge in [0.15, 0.2) is 0 Å². The van der Waals surface area contributed by atoms with Gasteiger partial charge in [-0.2, -0.15) is 0 Å². The van der Waals surface area contributed by atoms with Crippen LogP contribution in [0.1, 0.15) is 56.7 Å². The fraction of sp³-hybridized carbons (Fsp3) is 0.765. The van der Waals surface area contributed by atoms with Crippen LogP contribution in [0.25, 0.3) is 0 Å². The molecule has 22 heavy (non-hydrogen) atoms. The second-order valence-corrected chi connectivity index (χ2v) is 7.23. The van der Waals surface area contributed by atoms with Gasteiger partial charge in [0.25, 0.3) is 0 Å². The van der Waals surface area contributed by atoms with Gasteiger partial charge in [-0.3, -0.25) is 4.79 Å². The summed E-state index contributed by atoms with van der Waals surface area (Å²) in [6.45, 7) is 5.14. The number of carbonyl (C=O) groups is 1. The molecule has 0 radical (unpaired) electrons. The van der Waals surface area contributed by atoms with E-state index in [1.54, 1.807) is 0 Å². The minimum absolute atomic E-state index is 0.264. The van der Waals surface area contributed by atoms with Crippen LogP contribution in [0.15, 0.2) is 4.52 Å². The molecule has 0 N–H and O–H groups in total. The monoisotopic (exact) mass is 324 g/mol. The van der Waals surface area contributed by atoms with Crippen molar-refractivity contribution in [2.45, 2.75) is 64.8 Å². The molecule has 2 fully saturated rings. The fourth-order valence-corrected chi connectivity index (χ4v) is 4.50. The van der Waals surface area contributed by atoms with Crippen molar-refractivity contribution < 1.29 is 9.32 Å². The molecule has 1 aliphatic carbocycles. The van der Waals surface area contributed by atoms with E-state index in [9.17, 15) is 4.79 Å². The number of nitrogens with zero attached hydrogens (tertiary/aromatic N) is 2. The zero-order valence-electron chi connectivity index (χ0n) is 13.5. The molecule has 2 aliphatic rings. The third kappa shape index (κ3) is 3.03. The predicted molar refractivity (Wildman–Crippen MR) is 85.8 cm³/mol. The van der Waals surface area contributed by atoms with Gasteiger partial charge in [0.05, 0.1) is 5.69 Å². The van der Waals surface area contributed by atoms with Crippen molar-refractivity contribution in [3.05, 3.63) is 16.5 Å². The third-order valence-electron chi connectivity index (χ3n) is 5.58. The summed E-state index contributed by atoms with van der Waals surface area (Å²) in [5.41, 5.74) is 1.67. The Balaban J connectivity index is 1.64. The number of fused-ring (bicyclic) bond motifs is 1. The quantitative estimate of drug-likeness (QED) is 0.844. The number of hydrogen-bond donors (Lipinski definition) is 0. The van der Waals surface area contributed by atoms with Crippen molar-refractivity contribution in [1.29, 1.82) is 0 Å². The van der Waals surface area contributed by atoms with E-state index < -0.39 is 0 Å². The van der Waals surface area contributed by atoms with Crippen LogP contribution >= 0.6 is 11.6 Å². The minimum atomic E-state index is 0.264. The molecule has 0 unspecified atom stereocenters. The van der Waals surface area contributed by atoms with E-state index in [-0.39, 0.29) is 5.91 Å². The Bertz CT molecular complexity index is 523. The van der Waals surface area contributed by atoms with Gasteiger partial charge >= 0.3 is 0 Å². The largest absolute Gasteiger partial charge is 0.344 e. The summed E-state index contributed by atoms with van der Waals surface area (Å²) in [4.78, 5) is 14.9. The average molecular weight is 325 g/mol. The lowest BCUT2D eigenvalue weighted by molar-refractivity contribution is -0.139. The number of likely N-dealkylation sites (tertiary alicyclic amines) is 1. The first kappa shape index (κ1) is 15.9. The van der Waals surface area contributed by atoms with Crippen molar-refractivity contribution in [1.82, 2.24) is 10.1 Å². The van der Waals surface area contributed by atoms with Crippen LogP contribution in [-0.4, -0.2) is 28.6 Å². The van der Waals surface area contributed by atoms with Crippen molar-refractivity contribution in [3.63, 3.8) is 0 Å². The molecule has 122 valence electrons. The second-order valence-electron chi connectivity index (χ2n) is 6.89. The summed E-state index contributed by atoms with van der Waals surface area (Å²) >= 11 is 5.99. The number of rotatable bonds is 3. The van der Waals surface area contributed by atoms with Gasteiger partial charge in [-0.15, -0.1) is 0 Å². The third-order valence-corrected chi connectivity index (χ3v) is 5.88. The molecule has 1 saturated carbocycles. The van der Waals surface area contributed by atoms with E-state index in [0.29, 0.717) is 30.0 Å². The summed E-state index contributed by atoms with van der Waals surface area (Å²) in [6.07, 6.45) is 7.30. The zero-order chi connectivity index (χ0) is 15.7. The molecule has 1 saturated heterocycles. The van der Waals surface area contributed by atoms with E-state index in [1.165, 1.54) is 25.7 Å². The summed E-state index contributed by atoms with van der Waals surface area (Å²) < 4.78 is 4.96. The van der Waals surface area contributed by atoms with Gasteiger partial charge in [0.2, 0.25) is 11.1 Å². The molecule has 1 aliphatic heterocycles. The fourth-order valence-electron chi connectivity index (χ4n) is 4.24. The highest BCUT2D eigenvalue weighted by Crippen LogP contribution is 2.39. The van der Waals surface area contributed by atoms with Gasteiger partial charge in [0, 0.05) is 24.6 Å². The molecular weight excluding hydrogens is 300 g/mol. The van der Waals surface area contributed by atoms with Crippen LogP contribution < -0.4 is 0 Å². The van der Waals surface area contributed by atoms with Crippen LogP contribution in [0, 0.1) is 18.8 Å². The van der Waals surface area contributed by atoms with E-state index in [4.69, 9.17) is 16.1 Å². The molecule has 5 heteroatoms. The topological polar surface area (TPSA) is 46.3 Å². The highest BCUT2D eigenvalue weighted by Gasteiger charge is 2.39. The summed E-state index contributed by atoms with van der Waals surface area (Å²) in [6, 6.07) is 0.462. The van der Waals surface area contributed by atoms with Crippen LogP contribution in [0.3, 0.4) is 0 Å². The van der Waals surface area contributed by atoms with E-state index in [0.717, 1.165) is 30.1 Å². The Morgan fingerprint density at radius 3 is 2.86 bits per heavy atom. The first-order chi connectivity index (χ1) is 10.6. The molecule has 1 aromatic heterocycles. The molecule has 2 heterocycles. The van der Waals surface area contributed by atoms with Crippen molar-refractivity contribution in [2.75, 3.05) is 6.54 Å². The Hall–Kier alpha value is -1.03. The van der Waals surface area contributed by atoms with Crippen LogP contribution in [0.5, 0.6) is 0 Å². The molecular formula is C17H25ClN2O2. The maximum atomic E-state index is 12.7. The van der Waals surface area contributed by atoms with Crippen molar-refractivity contribution in [3.8, 4) is 0 Å². The molecule has 0 spiro atoms. The Labute approximate surface area is 137 Å². The number of carbonyl (C=O) groups excluding carboxylic acids is 1. The van der Waals surface area contributed by atoms with E-state index in [1.807, 2.05) is 6.92 Å². The predicted octanol–water partition coefficient (Wildman–Crippen LogP) is 4.00. The molecule has 0 bridgehead atoms. The van der Waals surface area contributed by atoms with Gasteiger partial charge in [-0.25, -0.2) is 0 Å². The van der Waals surface area contributed by atoms with Gasteiger partial charge in [-0.1, -0.05) is 24.9 Å². The number of halogens is 1. The summed E-state index contributed by atoms with van der Waals surface area (Å²) in [5, 5.41) is 4.18. The van der Waals surface area contributed by atoms with Crippen LogP contribution in [-0.2, 0) is 11.2 Å². The van der Waals surface area contributed by atoms with E-state index in [2.05, 4.69) is 17.0 Å². The van der Waals surface area contributed by atoms with Gasteiger partial charge < -0.3 is 9.42 Å². The average Bonchev–Trinajstić information content (AvgIpc) is 2.84. The lowest BCUT2D eigenvalue weighted by Gasteiger charge is -2.47. The van der Waals surface area contributed by atoms with Crippen molar-refractivity contribution >= 4 is 17.5 Å². The molecule has 4 nitrogen and oxygen atoms in total. The molecule has 3 atom stereocenters. The maximum Gasteiger partial charge on any atom is 0.229 e. The van der Waals surface area contributed by atoms with Gasteiger partial charge in [-0.05, 0) is 56.0 Å². The Kier molecular flexibility index (Phi) is 4.76. The smallest absolute Gasteiger partial charge is 0.229 e. The Morgan fingerprint density at radius 2 is 2.14 bits per heavy atom. The van der Waals surface area contributed by atoms with E-state index >= 15 is 0 Å². The second kappa shape index (κ2) is 6.61. The minimum Gasteiger partial charge on any atom is -0.344 e. The molecule has 0 aromatic carbocycles.